The summed E-state index contributed by atoms with van der Waals surface area (Å²) in [6, 6.07) is 5.70. The van der Waals surface area contributed by atoms with Gasteiger partial charge in [0, 0.05) is 17.1 Å². The molecule has 2 aromatic rings. The lowest BCUT2D eigenvalue weighted by Gasteiger charge is -2.27. The van der Waals surface area contributed by atoms with E-state index in [2.05, 4.69) is 4.98 Å². The van der Waals surface area contributed by atoms with Crippen LogP contribution >= 0.6 is 11.6 Å². The smallest absolute Gasteiger partial charge is 0.261 e. The van der Waals surface area contributed by atoms with E-state index in [1.165, 1.54) is 0 Å². The Balaban J connectivity index is 2.05. The van der Waals surface area contributed by atoms with Crippen LogP contribution in [-0.2, 0) is 0 Å². The van der Waals surface area contributed by atoms with Crippen LogP contribution in [0.1, 0.15) is 31.7 Å². The molecule has 1 saturated carbocycles. The Kier molecular flexibility index (Phi) is 3.29. The van der Waals surface area contributed by atoms with E-state index >= 15 is 0 Å². The second kappa shape index (κ2) is 4.94. The van der Waals surface area contributed by atoms with Gasteiger partial charge < -0.3 is 5.73 Å². The van der Waals surface area contributed by atoms with Crippen molar-refractivity contribution in [3.8, 4) is 0 Å². The number of halogens is 1. The Morgan fingerprint density at radius 1 is 1.26 bits per heavy atom. The lowest BCUT2D eigenvalue weighted by molar-refractivity contribution is 0.317. The van der Waals surface area contributed by atoms with Gasteiger partial charge in [0.2, 0.25) is 0 Å². The molecule has 0 amide bonds. The number of hydrogen-bond acceptors (Lipinski definition) is 3. The molecule has 0 atom stereocenters. The molecule has 2 N–H and O–H groups in total. The Labute approximate surface area is 116 Å². The summed E-state index contributed by atoms with van der Waals surface area (Å²) in [5.74, 6) is 0. The van der Waals surface area contributed by atoms with Crippen molar-refractivity contribution < 1.29 is 0 Å². The van der Waals surface area contributed by atoms with E-state index in [4.69, 9.17) is 17.3 Å². The van der Waals surface area contributed by atoms with Crippen molar-refractivity contribution >= 4 is 22.5 Å². The summed E-state index contributed by atoms with van der Waals surface area (Å²) in [5, 5.41) is 1.15. The predicted octanol–water partition coefficient (Wildman–Crippen LogP) is 2.49. The molecule has 1 aromatic carbocycles. The molecular weight excluding hydrogens is 262 g/mol. The van der Waals surface area contributed by atoms with E-state index in [0.29, 0.717) is 15.9 Å². The van der Waals surface area contributed by atoms with Gasteiger partial charge in [0.25, 0.3) is 5.56 Å². The van der Waals surface area contributed by atoms with Crippen LogP contribution in [0.4, 0.5) is 0 Å². The van der Waals surface area contributed by atoms with Crippen molar-refractivity contribution in [2.75, 3.05) is 0 Å². The van der Waals surface area contributed by atoms with Crippen LogP contribution in [0.3, 0.4) is 0 Å². The fraction of sp³-hybridized carbons (Fsp3) is 0.429. The SMILES string of the molecule is NC1CCC(n2cnc3ccc(Cl)cc3c2=O)CC1. The zero-order valence-electron chi connectivity index (χ0n) is 10.6. The molecule has 0 aliphatic heterocycles. The highest BCUT2D eigenvalue weighted by molar-refractivity contribution is 6.31. The first-order valence-corrected chi connectivity index (χ1v) is 6.95. The normalized spacial score (nSPS) is 23.7. The highest BCUT2D eigenvalue weighted by Crippen LogP contribution is 2.26. The van der Waals surface area contributed by atoms with Crippen molar-refractivity contribution in [1.29, 1.82) is 0 Å². The van der Waals surface area contributed by atoms with Gasteiger partial charge >= 0.3 is 0 Å². The standard InChI is InChI=1S/C14H16ClN3O/c15-9-1-6-13-12(7-9)14(19)18(8-17-13)11-4-2-10(16)3-5-11/h1,6-8,10-11H,2-5,16H2. The van der Waals surface area contributed by atoms with Gasteiger partial charge in [0.05, 0.1) is 17.2 Å². The largest absolute Gasteiger partial charge is 0.328 e. The van der Waals surface area contributed by atoms with E-state index in [1.807, 2.05) is 0 Å². The molecule has 0 unspecified atom stereocenters. The Morgan fingerprint density at radius 2 is 2.00 bits per heavy atom. The van der Waals surface area contributed by atoms with Gasteiger partial charge in [-0.15, -0.1) is 0 Å². The molecule has 3 rings (SSSR count). The average molecular weight is 278 g/mol. The Hall–Kier alpha value is -1.39. The number of nitrogens with zero attached hydrogens (tertiary/aromatic N) is 2. The number of benzene rings is 1. The summed E-state index contributed by atoms with van der Waals surface area (Å²) in [6.45, 7) is 0. The second-order valence-corrected chi connectivity index (χ2v) is 5.62. The maximum absolute atomic E-state index is 12.5. The number of fused-ring (bicyclic) bond motifs is 1. The van der Waals surface area contributed by atoms with Crippen molar-refractivity contribution in [2.45, 2.75) is 37.8 Å². The van der Waals surface area contributed by atoms with Crippen LogP contribution in [-0.4, -0.2) is 15.6 Å². The van der Waals surface area contributed by atoms with Crippen molar-refractivity contribution in [3.63, 3.8) is 0 Å². The molecule has 1 aliphatic rings. The molecule has 0 bridgehead atoms. The molecule has 1 fully saturated rings. The summed E-state index contributed by atoms with van der Waals surface area (Å²) < 4.78 is 1.74. The summed E-state index contributed by atoms with van der Waals surface area (Å²) in [7, 11) is 0. The van der Waals surface area contributed by atoms with Gasteiger partial charge in [-0.3, -0.25) is 9.36 Å². The Morgan fingerprint density at radius 3 is 2.74 bits per heavy atom. The minimum atomic E-state index is -0.00651. The molecule has 1 aliphatic carbocycles. The molecule has 5 heteroatoms. The zero-order chi connectivity index (χ0) is 13.4. The molecule has 0 radical (unpaired) electrons. The topological polar surface area (TPSA) is 60.9 Å². The molecule has 1 aromatic heterocycles. The first-order chi connectivity index (χ1) is 9.15. The maximum atomic E-state index is 12.5. The van der Waals surface area contributed by atoms with Crippen LogP contribution in [0.25, 0.3) is 10.9 Å². The lowest BCUT2D eigenvalue weighted by atomic mass is 9.91. The van der Waals surface area contributed by atoms with Crippen LogP contribution in [0, 0.1) is 0 Å². The number of aromatic nitrogens is 2. The van der Waals surface area contributed by atoms with Gasteiger partial charge in [-0.05, 0) is 43.9 Å². The van der Waals surface area contributed by atoms with Gasteiger partial charge in [0.15, 0.2) is 0 Å². The third-order valence-electron chi connectivity index (χ3n) is 3.88. The summed E-state index contributed by atoms with van der Waals surface area (Å²) in [4.78, 5) is 16.8. The van der Waals surface area contributed by atoms with Gasteiger partial charge in [-0.1, -0.05) is 11.6 Å². The van der Waals surface area contributed by atoms with Crippen LogP contribution in [0.2, 0.25) is 5.02 Å². The van der Waals surface area contributed by atoms with Gasteiger partial charge in [-0.25, -0.2) is 4.98 Å². The molecule has 4 nitrogen and oxygen atoms in total. The minimum absolute atomic E-state index is 0.00651. The Bertz CT molecular complexity index is 659. The van der Waals surface area contributed by atoms with Crippen LogP contribution in [0.15, 0.2) is 29.3 Å². The molecular formula is C14H16ClN3O. The molecule has 100 valence electrons. The van der Waals surface area contributed by atoms with E-state index in [-0.39, 0.29) is 17.6 Å². The van der Waals surface area contributed by atoms with E-state index in [1.54, 1.807) is 29.1 Å². The zero-order valence-corrected chi connectivity index (χ0v) is 11.3. The quantitative estimate of drug-likeness (QED) is 0.871. The first-order valence-electron chi connectivity index (χ1n) is 6.57. The van der Waals surface area contributed by atoms with Gasteiger partial charge in [0.1, 0.15) is 0 Å². The van der Waals surface area contributed by atoms with E-state index < -0.39 is 0 Å². The fourth-order valence-corrected chi connectivity index (χ4v) is 2.92. The number of rotatable bonds is 1. The highest BCUT2D eigenvalue weighted by atomic mass is 35.5. The summed E-state index contributed by atoms with van der Waals surface area (Å²) in [5.41, 5.74) is 6.59. The molecule has 0 spiro atoms. The van der Waals surface area contributed by atoms with Crippen molar-refractivity contribution in [2.24, 2.45) is 5.73 Å². The predicted molar refractivity (Wildman–Crippen MR) is 76.5 cm³/mol. The number of hydrogen-bond donors (Lipinski definition) is 1. The minimum Gasteiger partial charge on any atom is -0.328 e. The average Bonchev–Trinajstić information content (AvgIpc) is 2.41. The van der Waals surface area contributed by atoms with Crippen LogP contribution < -0.4 is 11.3 Å². The summed E-state index contributed by atoms with van der Waals surface area (Å²) >= 11 is 5.96. The number of nitrogens with two attached hydrogens (primary N) is 1. The van der Waals surface area contributed by atoms with Gasteiger partial charge in [-0.2, -0.15) is 0 Å². The van der Waals surface area contributed by atoms with E-state index in [9.17, 15) is 4.79 Å². The maximum Gasteiger partial charge on any atom is 0.261 e. The fourth-order valence-electron chi connectivity index (χ4n) is 2.75. The van der Waals surface area contributed by atoms with Crippen molar-refractivity contribution in [1.82, 2.24) is 9.55 Å². The summed E-state index contributed by atoms with van der Waals surface area (Å²) in [6.07, 6.45) is 5.46. The van der Waals surface area contributed by atoms with E-state index in [0.717, 1.165) is 25.7 Å². The monoisotopic (exact) mass is 277 g/mol. The molecule has 19 heavy (non-hydrogen) atoms. The second-order valence-electron chi connectivity index (χ2n) is 5.19. The lowest BCUT2D eigenvalue weighted by Crippen LogP contribution is -2.32. The third kappa shape index (κ3) is 2.38. The first kappa shape index (κ1) is 12.6. The highest BCUT2D eigenvalue weighted by Gasteiger charge is 2.21. The van der Waals surface area contributed by atoms with Crippen LogP contribution in [0.5, 0.6) is 0 Å². The van der Waals surface area contributed by atoms with Crippen molar-refractivity contribution in [3.05, 3.63) is 39.9 Å². The third-order valence-corrected chi connectivity index (χ3v) is 4.11. The molecule has 0 saturated heterocycles. The molecule has 1 heterocycles.